The van der Waals surface area contributed by atoms with Gasteiger partial charge < -0.3 is 15.0 Å². The molecule has 1 fully saturated rings. The van der Waals surface area contributed by atoms with Crippen molar-refractivity contribution in [2.75, 3.05) is 24.7 Å². The zero-order valence-electron chi connectivity index (χ0n) is 18.8. The van der Waals surface area contributed by atoms with Crippen LogP contribution in [0.3, 0.4) is 0 Å². The van der Waals surface area contributed by atoms with E-state index in [2.05, 4.69) is 10.2 Å². The van der Waals surface area contributed by atoms with Gasteiger partial charge in [0.25, 0.3) is 0 Å². The van der Waals surface area contributed by atoms with Crippen LogP contribution in [0, 0.1) is 0 Å². The van der Waals surface area contributed by atoms with Crippen LogP contribution in [0.5, 0.6) is 0 Å². The minimum absolute atomic E-state index is 0.214. The molecule has 4 rings (SSSR count). The average molecular weight is 462 g/mol. The van der Waals surface area contributed by atoms with E-state index < -0.39 is 0 Å². The molecule has 6 nitrogen and oxygen atoms in total. The number of hydrogen-bond acceptors (Lipinski definition) is 6. The van der Waals surface area contributed by atoms with Gasteiger partial charge in [-0.3, -0.25) is 4.79 Å². The van der Waals surface area contributed by atoms with Gasteiger partial charge in [-0.2, -0.15) is 0 Å². The molecule has 7 heteroatoms. The monoisotopic (exact) mass is 461 g/mol. The van der Waals surface area contributed by atoms with Crippen LogP contribution in [0.15, 0.2) is 76.9 Å². The van der Waals surface area contributed by atoms with Crippen LogP contribution in [0.2, 0.25) is 0 Å². The summed E-state index contributed by atoms with van der Waals surface area (Å²) in [5.41, 5.74) is 3.87. The SMILES string of the molecule is CCC1=C(C(=O)OC)C(c2cccc(NC(=O)/C=C/c3ccccc3)c2)N2CCCSC2=N1. The first-order valence-corrected chi connectivity index (χ1v) is 12.0. The van der Waals surface area contributed by atoms with Gasteiger partial charge in [-0.1, -0.05) is 61.2 Å². The third-order valence-corrected chi connectivity index (χ3v) is 6.66. The fraction of sp³-hybridized carbons (Fsp3) is 0.269. The molecular formula is C26H27N3O3S. The molecule has 1 N–H and O–H groups in total. The van der Waals surface area contributed by atoms with Gasteiger partial charge in [0.05, 0.1) is 24.4 Å². The molecule has 2 heterocycles. The van der Waals surface area contributed by atoms with E-state index in [1.807, 2.05) is 61.5 Å². The largest absolute Gasteiger partial charge is 0.466 e. The first-order chi connectivity index (χ1) is 16.1. The molecule has 1 atom stereocenters. The van der Waals surface area contributed by atoms with Gasteiger partial charge in [0, 0.05) is 24.1 Å². The Balaban J connectivity index is 1.63. The molecule has 2 aliphatic heterocycles. The number of aliphatic imine (C=N–C) groups is 1. The Morgan fingerprint density at radius 2 is 2.03 bits per heavy atom. The molecule has 2 aromatic carbocycles. The number of amides is 1. The van der Waals surface area contributed by atoms with Crippen molar-refractivity contribution in [3.63, 3.8) is 0 Å². The Morgan fingerprint density at radius 3 is 2.79 bits per heavy atom. The normalized spacial score (nSPS) is 18.1. The number of carbonyl (C=O) groups excluding carboxylic acids is 2. The van der Waals surface area contributed by atoms with E-state index in [1.54, 1.807) is 17.8 Å². The highest BCUT2D eigenvalue weighted by Crippen LogP contribution is 2.41. The summed E-state index contributed by atoms with van der Waals surface area (Å²) in [7, 11) is 1.40. The Kier molecular flexibility index (Phi) is 7.29. The van der Waals surface area contributed by atoms with Crippen LogP contribution >= 0.6 is 11.8 Å². The lowest BCUT2D eigenvalue weighted by atomic mass is 9.93. The highest BCUT2D eigenvalue weighted by Gasteiger charge is 2.38. The summed E-state index contributed by atoms with van der Waals surface area (Å²) in [5, 5.41) is 3.88. The van der Waals surface area contributed by atoms with Crippen LogP contribution in [0.4, 0.5) is 5.69 Å². The molecule has 170 valence electrons. The van der Waals surface area contributed by atoms with Gasteiger partial charge in [-0.15, -0.1) is 0 Å². The Morgan fingerprint density at radius 1 is 1.21 bits per heavy atom. The first kappa shape index (κ1) is 22.9. The molecule has 0 bridgehead atoms. The van der Waals surface area contributed by atoms with E-state index in [-0.39, 0.29) is 17.9 Å². The molecule has 1 amide bonds. The van der Waals surface area contributed by atoms with Gasteiger partial charge in [-0.05, 0) is 42.2 Å². The first-order valence-electron chi connectivity index (χ1n) is 11.0. The van der Waals surface area contributed by atoms with Crippen LogP contribution in [0.25, 0.3) is 6.08 Å². The molecule has 0 saturated carbocycles. The standard InChI is InChI=1S/C26H27N3O3S/c1-3-21-23(25(31)32-2)24(29-15-8-16-33-26(29)28-21)19-11-7-12-20(17-19)27-22(30)14-13-18-9-5-4-6-10-18/h4-7,9-14,17,24H,3,8,15-16H2,1-2H3,(H,27,30)/b14-13+. The summed E-state index contributed by atoms with van der Waals surface area (Å²) in [4.78, 5) is 32.3. The van der Waals surface area contributed by atoms with Crippen LogP contribution in [0.1, 0.15) is 36.9 Å². The fourth-order valence-corrected chi connectivity index (χ4v) is 5.06. The summed E-state index contributed by atoms with van der Waals surface area (Å²) in [6, 6.07) is 17.0. The minimum atomic E-state index is -0.365. The van der Waals surface area contributed by atoms with Crippen molar-refractivity contribution >= 4 is 40.6 Å². The number of benzene rings is 2. The van der Waals surface area contributed by atoms with Crippen molar-refractivity contribution in [3.8, 4) is 0 Å². The van der Waals surface area contributed by atoms with E-state index in [9.17, 15) is 9.59 Å². The molecule has 1 unspecified atom stereocenters. The number of fused-ring (bicyclic) bond motifs is 1. The second-order valence-corrected chi connectivity index (χ2v) is 8.82. The van der Waals surface area contributed by atoms with E-state index in [4.69, 9.17) is 9.73 Å². The highest BCUT2D eigenvalue weighted by atomic mass is 32.2. The summed E-state index contributed by atoms with van der Waals surface area (Å²) in [5.74, 6) is 0.431. The fourth-order valence-electron chi connectivity index (χ4n) is 4.06. The van der Waals surface area contributed by atoms with Crippen molar-refractivity contribution < 1.29 is 14.3 Å². The number of allylic oxidation sites excluding steroid dienone is 1. The number of hydrogen-bond donors (Lipinski definition) is 1. The van der Waals surface area contributed by atoms with Crippen LogP contribution in [-0.4, -0.2) is 41.4 Å². The topological polar surface area (TPSA) is 71.0 Å². The van der Waals surface area contributed by atoms with E-state index >= 15 is 0 Å². The summed E-state index contributed by atoms with van der Waals surface area (Å²) >= 11 is 1.72. The third kappa shape index (κ3) is 5.20. The minimum Gasteiger partial charge on any atom is -0.466 e. The molecular weight excluding hydrogens is 434 g/mol. The van der Waals surface area contributed by atoms with E-state index in [1.165, 1.54) is 13.2 Å². The van der Waals surface area contributed by atoms with Crippen LogP contribution < -0.4 is 5.32 Å². The highest BCUT2D eigenvalue weighted by molar-refractivity contribution is 8.13. The molecule has 0 aliphatic carbocycles. The number of esters is 1. The average Bonchev–Trinajstić information content (AvgIpc) is 2.86. The van der Waals surface area contributed by atoms with Crippen molar-refractivity contribution in [3.05, 3.63) is 83.1 Å². The number of methoxy groups -OCH3 is 1. The van der Waals surface area contributed by atoms with Gasteiger partial charge >= 0.3 is 5.97 Å². The van der Waals surface area contributed by atoms with E-state index in [0.29, 0.717) is 17.7 Å². The smallest absolute Gasteiger partial charge is 0.338 e. The van der Waals surface area contributed by atoms with Gasteiger partial charge in [0.15, 0.2) is 5.17 Å². The molecule has 0 radical (unpaired) electrons. The maximum absolute atomic E-state index is 12.8. The van der Waals surface area contributed by atoms with Crippen molar-refractivity contribution in [2.45, 2.75) is 25.8 Å². The molecule has 2 aliphatic rings. The summed E-state index contributed by atoms with van der Waals surface area (Å²) in [6.45, 7) is 2.81. The number of rotatable bonds is 6. The maximum Gasteiger partial charge on any atom is 0.338 e. The Bertz CT molecular complexity index is 1120. The van der Waals surface area contributed by atoms with E-state index in [0.717, 1.165) is 40.7 Å². The number of carbonyl (C=O) groups is 2. The van der Waals surface area contributed by atoms with Gasteiger partial charge in [0.1, 0.15) is 0 Å². The number of ether oxygens (including phenoxy) is 1. The summed E-state index contributed by atoms with van der Waals surface area (Å²) in [6.07, 6.45) is 4.94. The zero-order valence-corrected chi connectivity index (χ0v) is 19.6. The third-order valence-electron chi connectivity index (χ3n) is 5.58. The quantitative estimate of drug-likeness (QED) is 0.483. The predicted molar refractivity (Wildman–Crippen MR) is 134 cm³/mol. The zero-order chi connectivity index (χ0) is 23.2. The lowest BCUT2D eigenvalue weighted by Gasteiger charge is -2.40. The number of nitrogens with zero attached hydrogens (tertiary/aromatic N) is 2. The maximum atomic E-state index is 12.8. The molecule has 0 spiro atoms. The number of anilines is 1. The molecule has 33 heavy (non-hydrogen) atoms. The lowest BCUT2D eigenvalue weighted by Crippen LogP contribution is -2.42. The number of amidine groups is 1. The Labute approximate surface area is 198 Å². The second-order valence-electron chi connectivity index (χ2n) is 7.76. The van der Waals surface area contributed by atoms with Crippen LogP contribution in [-0.2, 0) is 14.3 Å². The van der Waals surface area contributed by atoms with Gasteiger partial charge in [0.2, 0.25) is 5.91 Å². The second kappa shape index (κ2) is 10.5. The molecule has 2 aromatic rings. The Hall–Kier alpha value is -3.32. The number of thioether (sulfide) groups is 1. The predicted octanol–water partition coefficient (Wildman–Crippen LogP) is 5.03. The van der Waals surface area contributed by atoms with Crippen molar-refractivity contribution in [1.82, 2.24) is 4.90 Å². The molecule has 1 saturated heterocycles. The van der Waals surface area contributed by atoms with Crippen molar-refractivity contribution in [2.24, 2.45) is 4.99 Å². The van der Waals surface area contributed by atoms with Gasteiger partial charge in [-0.25, -0.2) is 9.79 Å². The van der Waals surface area contributed by atoms with Crippen molar-refractivity contribution in [1.29, 1.82) is 0 Å². The number of nitrogens with one attached hydrogen (secondary N) is 1. The summed E-state index contributed by atoms with van der Waals surface area (Å²) < 4.78 is 5.14. The lowest BCUT2D eigenvalue weighted by molar-refractivity contribution is -0.137. The molecule has 0 aromatic heterocycles.